The Morgan fingerprint density at radius 3 is 2.73 bits per heavy atom. The van der Waals surface area contributed by atoms with E-state index < -0.39 is 0 Å². The van der Waals surface area contributed by atoms with E-state index in [1.807, 2.05) is 32.0 Å². The molecule has 0 bridgehead atoms. The normalized spacial score (nSPS) is 10.8. The number of amides is 1. The molecule has 0 atom stereocenters. The van der Waals surface area contributed by atoms with Gasteiger partial charge in [-0.3, -0.25) is 4.79 Å². The second-order valence-corrected chi connectivity index (χ2v) is 6.41. The molecule has 3 aromatic rings. The third kappa shape index (κ3) is 4.61. The number of rotatable bonds is 6. The maximum absolute atomic E-state index is 11.7. The summed E-state index contributed by atoms with van der Waals surface area (Å²) in [5.74, 6) is 1.19. The molecule has 2 aromatic carbocycles. The molecule has 7 heteroatoms. The number of hydrogen-bond donors (Lipinski definition) is 1. The van der Waals surface area contributed by atoms with Gasteiger partial charge in [0.05, 0.1) is 0 Å². The third-order valence-corrected chi connectivity index (χ3v) is 3.64. The maximum atomic E-state index is 11.7. The van der Waals surface area contributed by atoms with Crippen molar-refractivity contribution in [2.75, 3.05) is 6.61 Å². The van der Waals surface area contributed by atoms with E-state index in [0.717, 1.165) is 11.1 Å². The summed E-state index contributed by atoms with van der Waals surface area (Å²) < 4.78 is 10.8. The van der Waals surface area contributed by atoms with Gasteiger partial charge in [-0.2, -0.15) is 4.98 Å². The van der Waals surface area contributed by atoms with Gasteiger partial charge in [0.1, 0.15) is 5.75 Å². The van der Waals surface area contributed by atoms with E-state index >= 15 is 0 Å². The Labute approximate surface area is 156 Å². The smallest absolute Gasteiger partial charge is 0.258 e. The van der Waals surface area contributed by atoms with Gasteiger partial charge in [-0.25, -0.2) is 0 Å². The molecule has 134 valence electrons. The number of aromatic nitrogens is 2. The zero-order chi connectivity index (χ0) is 18.5. The van der Waals surface area contributed by atoms with Crippen molar-refractivity contribution in [3.63, 3.8) is 0 Å². The summed E-state index contributed by atoms with van der Waals surface area (Å²) in [6.45, 7) is 3.74. The van der Waals surface area contributed by atoms with Gasteiger partial charge < -0.3 is 14.6 Å². The lowest BCUT2D eigenvalue weighted by atomic mass is 10.2. The molecule has 0 saturated carbocycles. The Morgan fingerprint density at radius 2 is 1.96 bits per heavy atom. The van der Waals surface area contributed by atoms with E-state index in [9.17, 15) is 4.79 Å². The minimum atomic E-state index is -0.173. The standard InChI is InChI=1S/C19H18ClN3O3/c1-12(2)21-17(24)11-25-16-8-4-5-13(10-16)18-22-19(26-23-18)14-6-3-7-15(20)9-14/h3-10,12H,11H2,1-2H3,(H,21,24). The van der Waals surface area contributed by atoms with Crippen LogP contribution in [0.25, 0.3) is 22.8 Å². The van der Waals surface area contributed by atoms with Gasteiger partial charge in [-0.1, -0.05) is 35.0 Å². The van der Waals surface area contributed by atoms with Crippen molar-refractivity contribution in [2.45, 2.75) is 19.9 Å². The molecule has 0 unspecified atom stereocenters. The largest absolute Gasteiger partial charge is 0.484 e. The zero-order valence-corrected chi connectivity index (χ0v) is 15.2. The van der Waals surface area contributed by atoms with Crippen molar-refractivity contribution in [3.8, 4) is 28.6 Å². The van der Waals surface area contributed by atoms with Crippen LogP contribution in [0.15, 0.2) is 53.1 Å². The van der Waals surface area contributed by atoms with Crippen molar-refractivity contribution in [3.05, 3.63) is 53.6 Å². The molecule has 26 heavy (non-hydrogen) atoms. The van der Waals surface area contributed by atoms with Crippen LogP contribution in [0.5, 0.6) is 5.75 Å². The van der Waals surface area contributed by atoms with E-state index in [4.69, 9.17) is 20.9 Å². The van der Waals surface area contributed by atoms with E-state index in [2.05, 4.69) is 15.5 Å². The van der Waals surface area contributed by atoms with Crippen molar-refractivity contribution >= 4 is 17.5 Å². The summed E-state index contributed by atoms with van der Waals surface area (Å²) in [6, 6.07) is 14.4. The Morgan fingerprint density at radius 1 is 1.19 bits per heavy atom. The summed E-state index contributed by atoms with van der Waals surface area (Å²) in [5.41, 5.74) is 1.47. The number of nitrogens with one attached hydrogen (secondary N) is 1. The molecule has 1 N–H and O–H groups in total. The summed E-state index contributed by atoms with van der Waals surface area (Å²) >= 11 is 5.99. The Hall–Kier alpha value is -2.86. The first-order valence-electron chi connectivity index (χ1n) is 8.13. The van der Waals surface area contributed by atoms with Crippen LogP contribution >= 0.6 is 11.6 Å². The van der Waals surface area contributed by atoms with E-state index in [0.29, 0.717) is 22.5 Å². The van der Waals surface area contributed by atoms with Crippen molar-refractivity contribution in [1.82, 2.24) is 15.5 Å². The highest BCUT2D eigenvalue weighted by molar-refractivity contribution is 6.30. The molecular formula is C19H18ClN3O3. The molecule has 0 aliphatic carbocycles. The predicted octanol–water partition coefficient (Wildman–Crippen LogP) is 3.96. The second kappa shape index (κ2) is 8.01. The molecule has 0 aliphatic heterocycles. The van der Waals surface area contributed by atoms with Crippen LogP contribution in [-0.4, -0.2) is 28.7 Å². The molecular weight excluding hydrogens is 354 g/mol. The summed E-state index contributed by atoms with van der Waals surface area (Å²) in [4.78, 5) is 16.1. The fourth-order valence-electron chi connectivity index (χ4n) is 2.32. The van der Waals surface area contributed by atoms with Gasteiger partial charge in [-0.05, 0) is 44.2 Å². The number of benzene rings is 2. The number of carbonyl (C=O) groups is 1. The van der Waals surface area contributed by atoms with Gasteiger partial charge in [0.15, 0.2) is 6.61 Å². The average Bonchev–Trinajstić information content (AvgIpc) is 3.10. The molecule has 1 amide bonds. The van der Waals surface area contributed by atoms with Crippen molar-refractivity contribution in [1.29, 1.82) is 0 Å². The van der Waals surface area contributed by atoms with Gasteiger partial charge in [0.25, 0.3) is 11.8 Å². The lowest BCUT2D eigenvalue weighted by molar-refractivity contribution is -0.123. The third-order valence-electron chi connectivity index (χ3n) is 3.41. The molecule has 0 aliphatic rings. The number of ether oxygens (including phenoxy) is 1. The zero-order valence-electron chi connectivity index (χ0n) is 14.4. The fourth-order valence-corrected chi connectivity index (χ4v) is 2.51. The van der Waals surface area contributed by atoms with Gasteiger partial charge in [0, 0.05) is 22.2 Å². The SMILES string of the molecule is CC(C)NC(=O)COc1cccc(-c2noc(-c3cccc(Cl)c3)n2)c1. The van der Waals surface area contributed by atoms with E-state index in [-0.39, 0.29) is 18.6 Å². The van der Waals surface area contributed by atoms with Crippen molar-refractivity contribution in [2.24, 2.45) is 0 Å². The van der Waals surface area contributed by atoms with Crippen LogP contribution in [0.2, 0.25) is 5.02 Å². The van der Waals surface area contributed by atoms with Gasteiger partial charge in [0.2, 0.25) is 5.82 Å². The van der Waals surface area contributed by atoms with Crippen LogP contribution in [0.1, 0.15) is 13.8 Å². The summed E-state index contributed by atoms with van der Waals surface area (Å²) in [7, 11) is 0. The van der Waals surface area contributed by atoms with Crippen LogP contribution in [-0.2, 0) is 4.79 Å². The first-order chi connectivity index (χ1) is 12.5. The lowest BCUT2D eigenvalue weighted by Crippen LogP contribution is -2.34. The molecule has 1 aromatic heterocycles. The van der Waals surface area contributed by atoms with E-state index in [1.165, 1.54) is 0 Å². The summed E-state index contributed by atoms with van der Waals surface area (Å²) in [6.07, 6.45) is 0. The monoisotopic (exact) mass is 371 g/mol. The van der Waals surface area contributed by atoms with Gasteiger partial charge >= 0.3 is 0 Å². The van der Waals surface area contributed by atoms with Gasteiger partial charge in [-0.15, -0.1) is 0 Å². The van der Waals surface area contributed by atoms with Crippen LogP contribution in [0.4, 0.5) is 0 Å². The number of halogens is 1. The Bertz CT molecular complexity index is 908. The Kier molecular flexibility index (Phi) is 5.53. The highest BCUT2D eigenvalue weighted by Crippen LogP contribution is 2.26. The van der Waals surface area contributed by atoms with Crippen LogP contribution in [0.3, 0.4) is 0 Å². The number of carbonyl (C=O) groups excluding carboxylic acids is 1. The quantitative estimate of drug-likeness (QED) is 0.709. The first-order valence-corrected chi connectivity index (χ1v) is 8.51. The van der Waals surface area contributed by atoms with Crippen molar-refractivity contribution < 1.29 is 14.1 Å². The fraction of sp³-hybridized carbons (Fsp3) is 0.211. The predicted molar refractivity (Wildman–Crippen MR) is 99.0 cm³/mol. The first kappa shape index (κ1) is 17.9. The lowest BCUT2D eigenvalue weighted by Gasteiger charge is -2.10. The molecule has 0 radical (unpaired) electrons. The molecule has 0 spiro atoms. The van der Waals surface area contributed by atoms with Crippen LogP contribution in [0, 0.1) is 0 Å². The molecule has 1 heterocycles. The Balaban J connectivity index is 1.73. The topological polar surface area (TPSA) is 77.2 Å². The van der Waals surface area contributed by atoms with Crippen LogP contribution < -0.4 is 10.1 Å². The van der Waals surface area contributed by atoms with E-state index in [1.54, 1.807) is 30.3 Å². The number of nitrogens with zero attached hydrogens (tertiary/aromatic N) is 2. The molecule has 0 fully saturated rings. The average molecular weight is 372 g/mol. The minimum absolute atomic E-state index is 0.0539. The molecule has 6 nitrogen and oxygen atoms in total. The second-order valence-electron chi connectivity index (χ2n) is 5.97. The highest BCUT2D eigenvalue weighted by Gasteiger charge is 2.12. The molecule has 0 saturated heterocycles. The maximum Gasteiger partial charge on any atom is 0.258 e. The minimum Gasteiger partial charge on any atom is -0.484 e. The molecule has 3 rings (SSSR count). The number of hydrogen-bond acceptors (Lipinski definition) is 5. The highest BCUT2D eigenvalue weighted by atomic mass is 35.5. The summed E-state index contributed by atoms with van der Waals surface area (Å²) in [5, 5.41) is 7.37.